The zero-order chi connectivity index (χ0) is 13.0. The highest BCUT2D eigenvalue weighted by atomic mass is 16.3. The molecule has 0 spiro atoms. The van der Waals surface area contributed by atoms with Gasteiger partial charge in [0.05, 0.1) is 18.2 Å². The third kappa shape index (κ3) is 2.61. The molecule has 98 valence electrons. The lowest BCUT2D eigenvalue weighted by atomic mass is 10.1. The van der Waals surface area contributed by atoms with Crippen LogP contribution in [0.2, 0.25) is 0 Å². The average Bonchev–Trinajstić information content (AvgIpc) is 2.63. The van der Waals surface area contributed by atoms with Crippen LogP contribution in [0.25, 0.3) is 0 Å². The number of aromatic nitrogens is 1. The molecule has 18 heavy (non-hydrogen) atoms. The highest BCUT2D eigenvalue weighted by Crippen LogP contribution is 2.20. The normalized spacial score (nSPS) is 20.5. The first-order valence-corrected chi connectivity index (χ1v) is 6.36. The van der Waals surface area contributed by atoms with Crippen LogP contribution in [0.15, 0.2) is 18.3 Å². The molecule has 0 saturated carbocycles. The number of anilines is 1. The minimum absolute atomic E-state index is 0.00586. The van der Waals surface area contributed by atoms with Gasteiger partial charge < -0.3 is 15.7 Å². The topological polar surface area (TPSA) is 79.5 Å². The monoisotopic (exact) mass is 249 g/mol. The summed E-state index contributed by atoms with van der Waals surface area (Å²) >= 11 is 0. The van der Waals surface area contributed by atoms with E-state index in [9.17, 15) is 9.90 Å². The highest BCUT2D eigenvalue weighted by Gasteiger charge is 2.26. The van der Waals surface area contributed by atoms with Crippen molar-refractivity contribution in [2.45, 2.75) is 31.7 Å². The molecule has 1 aliphatic heterocycles. The van der Waals surface area contributed by atoms with E-state index < -0.39 is 0 Å². The lowest BCUT2D eigenvalue weighted by Crippen LogP contribution is -2.42. The summed E-state index contributed by atoms with van der Waals surface area (Å²) in [5.41, 5.74) is 6.16. The second-order valence-electron chi connectivity index (χ2n) is 4.62. The number of rotatable bonds is 2. The summed E-state index contributed by atoms with van der Waals surface area (Å²) < 4.78 is 0. The van der Waals surface area contributed by atoms with E-state index in [1.54, 1.807) is 23.2 Å². The Morgan fingerprint density at radius 3 is 3.06 bits per heavy atom. The molecule has 0 bridgehead atoms. The van der Waals surface area contributed by atoms with E-state index in [1.807, 2.05) is 0 Å². The maximum atomic E-state index is 12.4. The molecule has 2 heterocycles. The summed E-state index contributed by atoms with van der Waals surface area (Å²) in [6.07, 6.45) is 5.54. The van der Waals surface area contributed by atoms with Crippen molar-refractivity contribution in [3.8, 4) is 0 Å². The van der Waals surface area contributed by atoms with Gasteiger partial charge in [0.2, 0.25) is 0 Å². The van der Waals surface area contributed by atoms with Gasteiger partial charge in [-0.25, -0.2) is 4.98 Å². The second-order valence-corrected chi connectivity index (χ2v) is 4.62. The number of aliphatic hydroxyl groups excluding tert-OH is 1. The second kappa shape index (κ2) is 5.82. The van der Waals surface area contributed by atoms with Gasteiger partial charge >= 0.3 is 0 Å². The number of hydrogen-bond donors (Lipinski definition) is 2. The van der Waals surface area contributed by atoms with Gasteiger partial charge in [-0.2, -0.15) is 0 Å². The number of nitrogen functional groups attached to an aromatic ring is 1. The summed E-state index contributed by atoms with van der Waals surface area (Å²) in [6.45, 7) is 0.685. The first-order chi connectivity index (χ1) is 8.74. The molecule has 2 rings (SSSR count). The van der Waals surface area contributed by atoms with E-state index in [2.05, 4.69) is 4.98 Å². The molecule has 1 aliphatic rings. The van der Waals surface area contributed by atoms with Gasteiger partial charge in [-0.3, -0.25) is 4.79 Å². The summed E-state index contributed by atoms with van der Waals surface area (Å²) in [7, 11) is 0. The van der Waals surface area contributed by atoms with E-state index in [-0.39, 0.29) is 24.4 Å². The molecule has 3 N–H and O–H groups in total. The van der Waals surface area contributed by atoms with Crippen molar-refractivity contribution in [1.29, 1.82) is 0 Å². The molecule has 1 unspecified atom stereocenters. The van der Waals surface area contributed by atoms with Crippen LogP contribution in [0, 0.1) is 0 Å². The number of hydrogen-bond acceptors (Lipinski definition) is 4. The standard InChI is InChI=1S/C13H19N3O2/c14-12-11(6-4-7-15-12)13(18)16-8-3-1-2-5-10(16)9-17/h4,6-7,10,17H,1-3,5,8-9H2,(H2,14,15). The Morgan fingerprint density at radius 1 is 1.50 bits per heavy atom. The van der Waals surface area contributed by atoms with Crippen molar-refractivity contribution in [3.05, 3.63) is 23.9 Å². The number of likely N-dealkylation sites (tertiary alicyclic amines) is 1. The molecule has 1 saturated heterocycles. The van der Waals surface area contributed by atoms with Crippen molar-refractivity contribution in [3.63, 3.8) is 0 Å². The van der Waals surface area contributed by atoms with E-state index in [0.29, 0.717) is 12.1 Å². The molecule has 0 radical (unpaired) electrons. The molecule has 0 aliphatic carbocycles. The van der Waals surface area contributed by atoms with Crippen molar-refractivity contribution >= 4 is 11.7 Å². The van der Waals surface area contributed by atoms with E-state index in [4.69, 9.17) is 5.73 Å². The van der Waals surface area contributed by atoms with Crippen LogP contribution < -0.4 is 5.73 Å². The molecule has 5 heteroatoms. The first kappa shape index (κ1) is 12.8. The van der Waals surface area contributed by atoms with Crippen LogP contribution >= 0.6 is 0 Å². The smallest absolute Gasteiger partial charge is 0.257 e. The van der Waals surface area contributed by atoms with Crippen LogP contribution in [-0.2, 0) is 0 Å². The van der Waals surface area contributed by atoms with Crippen molar-refractivity contribution < 1.29 is 9.90 Å². The van der Waals surface area contributed by atoms with Crippen LogP contribution in [0.1, 0.15) is 36.0 Å². The Morgan fingerprint density at radius 2 is 2.33 bits per heavy atom. The van der Waals surface area contributed by atoms with Crippen molar-refractivity contribution in [2.75, 3.05) is 18.9 Å². The highest BCUT2D eigenvalue weighted by molar-refractivity contribution is 5.98. The van der Waals surface area contributed by atoms with Gasteiger partial charge in [-0.05, 0) is 25.0 Å². The number of aliphatic hydroxyl groups is 1. The fourth-order valence-corrected chi connectivity index (χ4v) is 2.39. The molecule has 1 aromatic rings. The molecule has 1 amide bonds. The number of carbonyl (C=O) groups excluding carboxylic acids is 1. The summed E-state index contributed by atoms with van der Waals surface area (Å²) in [5, 5.41) is 9.41. The maximum absolute atomic E-state index is 12.4. The quantitative estimate of drug-likeness (QED) is 0.820. The molecule has 1 aromatic heterocycles. The first-order valence-electron chi connectivity index (χ1n) is 6.36. The maximum Gasteiger partial charge on any atom is 0.257 e. The fourth-order valence-electron chi connectivity index (χ4n) is 2.39. The zero-order valence-corrected chi connectivity index (χ0v) is 10.4. The van der Waals surface area contributed by atoms with Crippen LogP contribution in [0.5, 0.6) is 0 Å². The Labute approximate surface area is 107 Å². The molecule has 5 nitrogen and oxygen atoms in total. The van der Waals surface area contributed by atoms with E-state index >= 15 is 0 Å². The number of carbonyl (C=O) groups is 1. The van der Waals surface area contributed by atoms with Gasteiger partial charge in [-0.1, -0.05) is 12.8 Å². The lowest BCUT2D eigenvalue weighted by molar-refractivity contribution is 0.0600. The Bertz CT molecular complexity index is 422. The van der Waals surface area contributed by atoms with E-state index in [1.165, 1.54) is 0 Å². The third-order valence-electron chi connectivity index (χ3n) is 3.42. The SMILES string of the molecule is Nc1ncccc1C(=O)N1CCCCCC1CO. The van der Waals surface area contributed by atoms with Crippen LogP contribution in [-0.4, -0.2) is 40.1 Å². The van der Waals surface area contributed by atoms with Crippen molar-refractivity contribution in [2.24, 2.45) is 0 Å². The minimum Gasteiger partial charge on any atom is -0.394 e. The average molecular weight is 249 g/mol. The Kier molecular flexibility index (Phi) is 4.15. The number of nitrogens with two attached hydrogens (primary N) is 1. The van der Waals surface area contributed by atoms with Gasteiger partial charge in [0.15, 0.2) is 0 Å². The summed E-state index contributed by atoms with van der Waals surface area (Å²) in [6, 6.07) is 3.29. The molecule has 1 fully saturated rings. The van der Waals surface area contributed by atoms with Crippen LogP contribution in [0.3, 0.4) is 0 Å². The van der Waals surface area contributed by atoms with Crippen LogP contribution in [0.4, 0.5) is 5.82 Å². The zero-order valence-electron chi connectivity index (χ0n) is 10.4. The molecular weight excluding hydrogens is 230 g/mol. The van der Waals surface area contributed by atoms with Gasteiger partial charge in [0.1, 0.15) is 5.82 Å². The van der Waals surface area contributed by atoms with Gasteiger partial charge in [-0.15, -0.1) is 0 Å². The Hall–Kier alpha value is -1.62. The van der Waals surface area contributed by atoms with Crippen molar-refractivity contribution in [1.82, 2.24) is 9.88 Å². The number of amides is 1. The summed E-state index contributed by atoms with van der Waals surface area (Å²) in [5.74, 6) is 0.130. The van der Waals surface area contributed by atoms with Gasteiger partial charge in [0, 0.05) is 12.7 Å². The van der Waals surface area contributed by atoms with E-state index in [0.717, 1.165) is 25.7 Å². The third-order valence-corrected chi connectivity index (χ3v) is 3.42. The fraction of sp³-hybridized carbons (Fsp3) is 0.538. The largest absolute Gasteiger partial charge is 0.394 e. The molecule has 1 atom stereocenters. The number of pyridine rings is 1. The summed E-state index contributed by atoms with van der Waals surface area (Å²) in [4.78, 5) is 18.1. The molecule has 0 aromatic carbocycles. The minimum atomic E-state index is -0.124. The number of nitrogens with zero attached hydrogens (tertiary/aromatic N) is 2. The predicted octanol–water partition coefficient (Wildman–Crippen LogP) is 1.04. The van der Waals surface area contributed by atoms with Gasteiger partial charge in [0.25, 0.3) is 5.91 Å². The lowest BCUT2D eigenvalue weighted by Gasteiger charge is -2.28. The predicted molar refractivity (Wildman–Crippen MR) is 69.0 cm³/mol. The molecular formula is C13H19N3O2. The Balaban J connectivity index is 2.23.